The zero-order valence-corrected chi connectivity index (χ0v) is 15.4. The lowest BCUT2D eigenvalue weighted by Gasteiger charge is -2.21. The van der Waals surface area contributed by atoms with E-state index in [2.05, 4.69) is 52.9 Å². The average Bonchev–Trinajstić information content (AvgIpc) is 2.52. The fraction of sp³-hybridized carbons (Fsp3) is 0.222. The predicted octanol–water partition coefficient (Wildman–Crippen LogP) is 4.21. The van der Waals surface area contributed by atoms with E-state index in [0.29, 0.717) is 11.3 Å². The summed E-state index contributed by atoms with van der Waals surface area (Å²) < 4.78 is 0.858. The van der Waals surface area contributed by atoms with E-state index in [9.17, 15) is 9.59 Å². The van der Waals surface area contributed by atoms with Crippen molar-refractivity contribution in [2.75, 3.05) is 5.32 Å². The summed E-state index contributed by atoms with van der Waals surface area (Å²) in [6.45, 7) is 6.30. The van der Waals surface area contributed by atoms with Crippen molar-refractivity contribution in [3.8, 4) is 0 Å². The Balaban J connectivity index is 1.95. The van der Waals surface area contributed by atoms with Gasteiger partial charge in [-0.1, -0.05) is 61.0 Å². The van der Waals surface area contributed by atoms with E-state index >= 15 is 0 Å². The van der Waals surface area contributed by atoms with Crippen LogP contribution in [-0.4, -0.2) is 11.9 Å². The molecule has 0 unspecified atom stereocenters. The first-order valence-electron chi connectivity index (χ1n) is 7.50. The van der Waals surface area contributed by atoms with Gasteiger partial charge < -0.3 is 5.32 Å². The number of benzene rings is 2. The van der Waals surface area contributed by atoms with Gasteiger partial charge in [-0.15, -0.1) is 0 Å². The highest BCUT2D eigenvalue weighted by molar-refractivity contribution is 9.10. The standard InChI is InChI=1S/C18H20BrN3O2/c1-18(2,3)14-10-9-12(11-15(14)19)16(23)21-22-17(24)20-13-7-5-4-6-8-13/h4-11H,1-3H3,(H,21,23)(H2,20,22,24). The Labute approximate surface area is 149 Å². The second kappa shape index (κ2) is 7.49. The van der Waals surface area contributed by atoms with Crippen LogP contribution in [0.1, 0.15) is 36.7 Å². The minimum absolute atomic E-state index is 0.0261. The van der Waals surface area contributed by atoms with Crippen molar-refractivity contribution in [3.63, 3.8) is 0 Å². The van der Waals surface area contributed by atoms with E-state index in [1.165, 1.54) is 0 Å². The van der Waals surface area contributed by atoms with Gasteiger partial charge in [0.25, 0.3) is 5.91 Å². The predicted molar refractivity (Wildman–Crippen MR) is 98.9 cm³/mol. The zero-order chi connectivity index (χ0) is 17.7. The SMILES string of the molecule is CC(C)(C)c1ccc(C(=O)NNC(=O)Nc2ccccc2)cc1Br. The number of urea groups is 1. The number of anilines is 1. The Kier molecular flexibility index (Phi) is 5.62. The van der Waals surface area contributed by atoms with Crippen molar-refractivity contribution in [2.24, 2.45) is 0 Å². The molecule has 3 N–H and O–H groups in total. The van der Waals surface area contributed by atoms with E-state index in [-0.39, 0.29) is 11.3 Å². The van der Waals surface area contributed by atoms with E-state index in [0.717, 1.165) is 10.0 Å². The molecule has 0 saturated carbocycles. The molecule has 3 amide bonds. The van der Waals surface area contributed by atoms with Gasteiger partial charge in [0, 0.05) is 15.7 Å². The number of carbonyl (C=O) groups excluding carboxylic acids is 2. The highest BCUT2D eigenvalue weighted by Gasteiger charge is 2.18. The molecule has 0 atom stereocenters. The molecule has 2 rings (SSSR count). The van der Waals surface area contributed by atoms with Gasteiger partial charge >= 0.3 is 6.03 Å². The number of halogens is 1. The maximum absolute atomic E-state index is 12.1. The molecule has 0 aliphatic heterocycles. The summed E-state index contributed by atoms with van der Waals surface area (Å²) in [5.41, 5.74) is 6.88. The average molecular weight is 390 g/mol. The molecule has 0 aliphatic rings. The molecular formula is C18H20BrN3O2. The highest BCUT2D eigenvalue weighted by Crippen LogP contribution is 2.30. The van der Waals surface area contributed by atoms with E-state index in [1.54, 1.807) is 24.3 Å². The Morgan fingerprint density at radius 2 is 1.62 bits per heavy atom. The van der Waals surface area contributed by atoms with Crippen LogP contribution in [0, 0.1) is 0 Å². The van der Waals surface area contributed by atoms with Crippen LogP contribution in [-0.2, 0) is 5.41 Å². The second-order valence-corrected chi connectivity index (χ2v) is 7.20. The van der Waals surface area contributed by atoms with Gasteiger partial charge in [0.1, 0.15) is 0 Å². The van der Waals surface area contributed by atoms with Gasteiger partial charge in [-0.25, -0.2) is 10.2 Å². The number of hydrogen-bond acceptors (Lipinski definition) is 2. The monoisotopic (exact) mass is 389 g/mol. The third-order valence-corrected chi connectivity index (χ3v) is 4.02. The normalized spacial score (nSPS) is 10.8. The minimum Gasteiger partial charge on any atom is -0.307 e. The summed E-state index contributed by atoms with van der Waals surface area (Å²) >= 11 is 3.50. The molecule has 0 aromatic heterocycles. The Morgan fingerprint density at radius 1 is 0.958 bits per heavy atom. The molecule has 0 fully saturated rings. The number of hydrogen-bond donors (Lipinski definition) is 3. The molecule has 0 radical (unpaired) electrons. The van der Waals surface area contributed by atoms with Crippen LogP contribution in [0.5, 0.6) is 0 Å². The Hall–Kier alpha value is -2.34. The first-order valence-corrected chi connectivity index (χ1v) is 8.29. The minimum atomic E-state index is -0.514. The van der Waals surface area contributed by atoms with Crippen LogP contribution in [0.25, 0.3) is 0 Å². The van der Waals surface area contributed by atoms with Crippen molar-refractivity contribution in [3.05, 3.63) is 64.1 Å². The van der Waals surface area contributed by atoms with Crippen molar-refractivity contribution in [1.82, 2.24) is 10.9 Å². The van der Waals surface area contributed by atoms with Crippen molar-refractivity contribution in [1.29, 1.82) is 0 Å². The largest absolute Gasteiger partial charge is 0.337 e. The smallest absolute Gasteiger partial charge is 0.307 e. The molecule has 0 heterocycles. The first kappa shape index (κ1) is 18.0. The number of amides is 3. The van der Waals surface area contributed by atoms with Gasteiger partial charge in [0.15, 0.2) is 0 Å². The number of hydrazine groups is 1. The van der Waals surface area contributed by atoms with Crippen LogP contribution in [0.15, 0.2) is 53.0 Å². The quantitative estimate of drug-likeness (QED) is 0.673. The molecular weight excluding hydrogens is 370 g/mol. The molecule has 0 saturated heterocycles. The first-order chi connectivity index (χ1) is 11.3. The Bertz CT molecular complexity index is 740. The fourth-order valence-corrected chi connectivity index (χ4v) is 3.11. The molecule has 0 bridgehead atoms. The summed E-state index contributed by atoms with van der Waals surface area (Å²) in [4.78, 5) is 23.9. The molecule has 2 aromatic rings. The number of rotatable bonds is 2. The second-order valence-electron chi connectivity index (χ2n) is 6.34. The van der Waals surface area contributed by atoms with Crippen molar-refractivity contribution < 1.29 is 9.59 Å². The molecule has 2 aromatic carbocycles. The van der Waals surface area contributed by atoms with Crippen LogP contribution >= 0.6 is 15.9 Å². The van der Waals surface area contributed by atoms with Gasteiger partial charge in [-0.3, -0.25) is 10.2 Å². The topological polar surface area (TPSA) is 70.2 Å². The van der Waals surface area contributed by atoms with E-state index in [4.69, 9.17) is 0 Å². The van der Waals surface area contributed by atoms with Gasteiger partial charge in [-0.2, -0.15) is 0 Å². The molecule has 0 aliphatic carbocycles. The number of nitrogens with one attached hydrogen (secondary N) is 3. The summed E-state index contributed by atoms with van der Waals surface area (Å²) in [5.74, 6) is -0.389. The maximum Gasteiger partial charge on any atom is 0.337 e. The van der Waals surface area contributed by atoms with E-state index in [1.807, 2.05) is 24.3 Å². The van der Waals surface area contributed by atoms with Crippen molar-refractivity contribution in [2.45, 2.75) is 26.2 Å². The molecule has 5 nitrogen and oxygen atoms in total. The highest BCUT2D eigenvalue weighted by atomic mass is 79.9. The van der Waals surface area contributed by atoms with Crippen LogP contribution < -0.4 is 16.2 Å². The fourth-order valence-electron chi connectivity index (χ4n) is 2.13. The summed E-state index contributed by atoms with van der Waals surface area (Å²) in [6.07, 6.45) is 0. The third-order valence-electron chi connectivity index (χ3n) is 3.36. The molecule has 0 spiro atoms. The lowest BCUT2D eigenvalue weighted by atomic mass is 9.86. The summed E-state index contributed by atoms with van der Waals surface area (Å²) in [6, 6.07) is 13.8. The number of para-hydroxylation sites is 1. The molecule has 6 heteroatoms. The third kappa shape index (κ3) is 4.83. The van der Waals surface area contributed by atoms with Crippen LogP contribution in [0.2, 0.25) is 0 Å². The van der Waals surface area contributed by atoms with Crippen LogP contribution in [0.4, 0.5) is 10.5 Å². The van der Waals surface area contributed by atoms with Crippen molar-refractivity contribution >= 4 is 33.6 Å². The summed E-state index contributed by atoms with van der Waals surface area (Å²) in [7, 11) is 0. The zero-order valence-electron chi connectivity index (χ0n) is 13.8. The summed E-state index contributed by atoms with van der Waals surface area (Å²) in [5, 5.41) is 2.62. The molecule has 24 heavy (non-hydrogen) atoms. The lowest BCUT2D eigenvalue weighted by molar-refractivity contribution is 0.0938. The Morgan fingerprint density at radius 3 is 2.21 bits per heavy atom. The number of carbonyl (C=O) groups is 2. The van der Waals surface area contributed by atoms with Crippen LogP contribution in [0.3, 0.4) is 0 Å². The van der Waals surface area contributed by atoms with E-state index < -0.39 is 6.03 Å². The molecule has 126 valence electrons. The van der Waals surface area contributed by atoms with Gasteiger partial charge in [-0.05, 0) is 35.2 Å². The maximum atomic E-state index is 12.1. The van der Waals surface area contributed by atoms with Gasteiger partial charge in [0.2, 0.25) is 0 Å². The van der Waals surface area contributed by atoms with Gasteiger partial charge in [0.05, 0.1) is 0 Å². The lowest BCUT2D eigenvalue weighted by Crippen LogP contribution is -2.43.